The number of benzene rings is 1. The second kappa shape index (κ2) is 4.79. The maximum Gasteiger partial charge on any atom is 0.264 e. The van der Waals surface area contributed by atoms with Gasteiger partial charge < -0.3 is 0 Å². The van der Waals surface area contributed by atoms with E-state index < -0.39 is 34.0 Å². The van der Waals surface area contributed by atoms with Gasteiger partial charge in [-0.15, -0.1) is 0 Å². The Morgan fingerprint density at radius 1 is 1.40 bits per heavy atom. The monoisotopic (exact) mass is 280 g/mol. The molecule has 0 aromatic heterocycles. The van der Waals surface area contributed by atoms with Gasteiger partial charge in [-0.05, 0) is 13.0 Å². The Balaban J connectivity index is 3.31. The predicted molar refractivity (Wildman–Crippen MR) is 54.1 cm³/mol. The molecule has 0 heterocycles. The van der Waals surface area contributed by atoms with Crippen LogP contribution in [0.5, 0.6) is 0 Å². The fourth-order valence-electron chi connectivity index (χ4n) is 1.18. The Morgan fingerprint density at radius 2 is 2.00 bits per heavy atom. The minimum absolute atomic E-state index is 0.531. The van der Waals surface area contributed by atoms with E-state index in [1.165, 1.54) is 6.92 Å². The molecule has 1 unspecified atom stereocenters. The first-order valence-electron chi connectivity index (χ1n) is 4.20. The van der Waals surface area contributed by atoms with E-state index in [1.807, 2.05) is 0 Å². The summed E-state index contributed by atoms with van der Waals surface area (Å²) in [6.45, 7) is 1.46. The minimum Gasteiger partial charge on any atom is -0.293 e. The Labute approximate surface area is 93.4 Å². The van der Waals surface area contributed by atoms with Crippen LogP contribution >= 0.6 is 15.9 Å². The number of halogens is 4. The Kier molecular flexibility index (Phi) is 3.90. The third-order valence-corrected chi connectivity index (χ3v) is 2.30. The molecule has 82 valence electrons. The lowest BCUT2D eigenvalue weighted by Crippen LogP contribution is -2.15. The molecule has 0 saturated carbocycles. The van der Waals surface area contributed by atoms with Crippen LogP contribution in [0.4, 0.5) is 13.2 Å². The first-order chi connectivity index (χ1) is 6.95. The van der Waals surface area contributed by atoms with E-state index in [-0.39, 0.29) is 0 Å². The molecule has 1 nitrogen and oxygen atoms in total. The van der Waals surface area contributed by atoms with Crippen LogP contribution in [0.3, 0.4) is 0 Å². The van der Waals surface area contributed by atoms with Gasteiger partial charge in [-0.1, -0.05) is 28.1 Å². The van der Waals surface area contributed by atoms with Gasteiger partial charge in [-0.25, -0.2) is 13.2 Å². The highest BCUT2D eigenvalue weighted by atomic mass is 79.9. The largest absolute Gasteiger partial charge is 0.293 e. The third kappa shape index (κ3) is 2.59. The summed E-state index contributed by atoms with van der Waals surface area (Å²) in [6, 6.07) is 3.21. The molecule has 5 heteroatoms. The van der Waals surface area contributed by atoms with E-state index in [9.17, 15) is 18.0 Å². The minimum atomic E-state index is -2.86. The third-order valence-electron chi connectivity index (χ3n) is 1.89. The SMILES string of the molecule is CC(Br)C(=O)c1c(F)cccc1C(F)F. The number of carbonyl (C=O) groups is 1. The second-order valence-electron chi connectivity index (χ2n) is 2.99. The summed E-state index contributed by atoms with van der Waals surface area (Å²) in [4.78, 5) is 10.8. The molecule has 0 N–H and O–H groups in total. The van der Waals surface area contributed by atoms with Crippen LogP contribution < -0.4 is 0 Å². The van der Waals surface area contributed by atoms with Crippen molar-refractivity contribution >= 4 is 21.7 Å². The lowest BCUT2D eigenvalue weighted by Gasteiger charge is -2.09. The van der Waals surface area contributed by atoms with Crippen LogP contribution in [-0.2, 0) is 0 Å². The van der Waals surface area contributed by atoms with Crippen LogP contribution in [0.15, 0.2) is 18.2 Å². The zero-order valence-electron chi connectivity index (χ0n) is 7.81. The van der Waals surface area contributed by atoms with Crippen LogP contribution in [0.2, 0.25) is 0 Å². The van der Waals surface area contributed by atoms with Crippen LogP contribution in [-0.4, -0.2) is 10.6 Å². The summed E-state index contributed by atoms with van der Waals surface area (Å²) in [5, 5.41) is 0. The smallest absolute Gasteiger partial charge is 0.264 e. The molecule has 1 rings (SSSR count). The molecule has 0 aliphatic rings. The Hall–Kier alpha value is -0.840. The van der Waals surface area contributed by atoms with Crippen molar-refractivity contribution in [1.29, 1.82) is 0 Å². The van der Waals surface area contributed by atoms with Gasteiger partial charge in [0.05, 0.1) is 10.4 Å². The van der Waals surface area contributed by atoms with Crippen LogP contribution in [0.25, 0.3) is 0 Å². The van der Waals surface area contributed by atoms with Crippen molar-refractivity contribution in [2.75, 3.05) is 0 Å². The molecule has 15 heavy (non-hydrogen) atoms. The topological polar surface area (TPSA) is 17.1 Å². The molecule has 1 aromatic rings. The van der Waals surface area contributed by atoms with Crippen molar-refractivity contribution in [3.63, 3.8) is 0 Å². The molecular formula is C10H8BrF3O. The van der Waals surface area contributed by atoms with Crippen molar-refractivity contribution in [2.24, 2.45) is 0 Å². The van der Waals surface area contributed by atoms with Gasteiger partial charge in [0.2, 0.25) is 0 Å². The Bertz CT molecular complexity index is 377. The molecule has 0 amide bonds. The van der Waals surface area contributed by atoms with E-state index in [0.29, 0.717) is 0 Å². The lowest BCUT2D eigenvalue weighted by molar-refractivity contribution is 0.0977. The number of alkyl halides is 3. The zero-order valence-corrected chi connectivity index (χ0v) is 9.39. The van der Waals surface area contributed by atoms with Crippen molar-refractivity contribution in [1.82, 2.24) is 0 Å². The maximum atomic E-state index is 13.2. The van der Waals surface area contributed by atoms with Gasteiger partial charge in [-0.3, -0.25) is 4.79 Å². The zero-order chi connectivity index (χ0) is 11.6. The van der Waals surface area contributed by atoms with E-state index in [4.69, 9.17) is 0 Å². The van der Waals surface area contributed by atoms with Gasteiger partial charge >= 0.3 is 0 Å². The summed E-state index contributed by atoms with van der Waals surface area (Å²) in [6.07, 6.45) is -2.86. The highest BCUT2D eigenvalue weighted by molar-refractivity contribution is 9.10. The van der Waals surface area contributed by atoms with Crippen molar-refractivity contribution in [3.05, 3.63) is 35.1 Å². The average Bonchev–Trinajstić information content (AvgIpc) is 2.16. The van der Waals surface area contributed by atoms with Gasteiger partial charge in [0.25, 0.3) is 6.43 Å². The second-order valence-corrected chi connectivity index (χ2v) is 4.36. The van der Waals surface area contributed by atoms with E-state index in [1.54, 1.807) is 0 Å². The molecule has 0 fully saturated rings. The summed E-state index contributed by atoms with van der Waals surface area (Å²) in [7, 11) is 0. The molecule has 0 bridgehead atoms. The van der Waals surface area contributed by atoms with Crippen molar-refractivity contribution in [3.8, 4) is 0 Å². The molecule has 0 saturated heterocycles. The van der Waals surface area contributed by atoms with Crippen molar-refractivity contribution in [2.45, 2.75) is 18.2 Å². The summed E-state index contributed by atoms with van der Waals surface area (Å²) in [5.41, 5.74) is -1.09. The number of Topliss-reactive ketones (excluding diaryl/α,β-unsaturated/α-hetero) is 1. The van der Waals surface area contributed by atoms with Gasteiger partial charge in [0, 0.05) is 5.56 Å². The van der Waals surface area contributed by atoms with Gasteiger partial charge in [-0.2, -0.15) is 0 Å². The standard InChI is InChI=1S/C10H8BrF3O/c1-5(11)9(15)8-6(10(13)14)3-2-4-7(8)12/h2-5,10H,1H3. The van der Waals surface area contributed by atoms with Gasteiger partial charge in [0.1, 0.15) is 5.82 Å². The fraction of sp³-hybridized carbons (Fsp3) is 0.300. The van der Waals surface area contributed by atoms with E-state index in [2.05, 4.69) is 15.9 Å². The normalized spacial score (nSPS) is 12.9. The molecular weight excluding hydrogens is 273 g/mol. The number of ketones is 1. The quantitative estimate of drug-likeness (QED) is 0.609. The number of rotatable bonds is 3. The highest BCUT2D eigenvalue weighted by Crippen LogP contribution is 2.26. The first kappa shape index (κ1) is 12.2. The maximum absolute atomic E-state index is 13.2. The molecule has 1 aromatic carbocycles. The fourth-order valence-corrected chi connectivity index (χ4v) is 1.41. The summed E-state index contributed by atoms with van der Waals surface area (Å²) in [5.74, 6) is -1.59. The molecule has 0 spiro atoms. The number of carbonyl (C=O) groups excluding carboxylic acids is 1. The molecule has 1 atom stereocenters. The van der Waals surface area contributed by atoms with Gasteiger partial charge in [0.15, 0.2) is 5.78 Å². The molecule has 0 aliphatic heterocycles. The average molecular weight is 281 g/mol. The highest BCUT2D eigenvalue weighted by Gasteiger charge is 2.24. The number of hydrogen-bond acceptors (Lipinski definition) is 1. The van der Waals surface area contributed by atoms with E-state index >= 15 is 0 Å². The molecule has 0 radical (unpaired) electrons. The first-order valence-corrected chi connectivity index (χ1v) is 5.11. The molecule has 0 aliphatic carbocycles. The van der Waals surface area contributed by atoms with Crippen molar-refractivity contribution < 1.29 is 18.0 Å². The summed E-state index contributed by atoms with van der Waals surface area (Å²) >= 11 is 2.93. The summed E-state index contributed by atoms with van der Waals surface area (Å²) < 4.78 is 38.2. The van der Waals surface area contributed by atoms with Crippen LogP contribution in [0, 0.1) is 5.82 Å². The van der Waals surface area contributed by atoms with Crippen LogP contribution in [0.1, 0.15) is 29.3 Å². The Morgan fingerprint density at radius 3 is 2.47 bits per heavy atom. The number of hydrogen-bond donors (Lipinski definition) is 0. The lowest BCUT2D eigenvalue weighted by atomic mass is 10.0. The predicted octanol–water partition coefficient (Wildman–Crippen LogP) is 3.73. The van der Waals surface area contributed by atoms with E-state index in [0.717, 1.165) is 18.2 Å².